The van der Waals surface area contributed by atoms with Crippen molar-refractivity contribution >= 4 is 15.8 Å². The molecule has 0 aliphatic heterocycles. The molecule has 0 aromatic carbocycles. The molecule has 0 aliphatic rings. The molecule has 1 aromatic heterocycles. The van der Waals surface area contributed by atoms with Crippen molar-refractivity contribution in [2.24, 2.45) is 5.14 Å². The number of sulfonamides is 1. The maximum Gasteiger partial charge on any atom is 0.573 e. The van der Waals surface area contributed by atoms with Crippen LogP contribution in [0.4, 0.5) is 19.0 Å². The third-order valence-corrected chi connectivity index (χ3v) is 2.57. The summed E-state index contributed by atoms with van der Waals surface area (Å²) in [6.45, 7) is 0. The van der Waals surface area contributed by atoms with Gasteiger partial charge in [0.1, 0.15) is 4.90 Å². The fraction of sp³-hybridized carbons (Fsp3) is 0.167. The van der Waals surface area contributed by atoms with E-state index in [4.69, 9.17) is 0 Å². The SMILES string of the molecule is NS(=O)(=O)c1cc(=O)[nH]c([N+](=O)[O-])c1OC(F)(F)F. The second-order valence-corrected chi connectivity index (χ2v) is 4.56. The lowest BCUT2D eigenvalue weighted by molar-refractivity contribution is -0.393. The van der Waals surface area contributed by atoms with E-state index in [1.807, 2.05) is 0 Å². The Kier molecular flexibility index (Phi) is 3.54. The minimum Gasteiger partial charge on any atom is -0.395 e. The van der Waals surface area contributed by atoms with Crippen molar-refractivity contribution in [3.05, 3.63) is 26.5 Å². The number of pyridine rings is 1. The van der Waals surface area contributed by atoms with Crippen LogP contribution >= 0.6 is 0 Å². The van der Waals surface area contributed by atoms with E-state index in [0.717, 1.165) is 0 Å². The normalized spacial score (nSPS) is 12.2. The number of nitrogens with one attached hydrogen (secondary N) is 1. The summed E-state index contributed by atoms with van der Waals surface area (Å²) in [5.41, 5.74) is -1.33. The van der Waals surface area contributed by atoms with Gasteiger partial charge in [0, 0.05) is 0 Å². The van der Waals surface area contributed by atoms with Crippen LogP contribution in [0, 0.1) is 10.1 Å². The zero-order valence-electron chi connectivity index (χ0n) is 8.59. The van der Waals surface area contributed by atoms with Crippen molar-refractivity contribution in [2.75, 3.05) is 0 Å². The molecule has 1 rings (SSSR count). The maximum absolute atomic E-state index is 12.1. The fourth-order valence-electron chi connectivity index (χ4n) is 1.07. The van der Waals surface area contributed by atoms with Crippen molar-refractivity contribution in [3.8, 4) is 5.75 Å². The van der Waals surface area contributed by atoms with Gasteiger partial charge in [0.25, 0.3) is 0 Å². The van der Waals surface area contributed by atoms with Gasteiger partial charge in [0.15, 0.2) is 0 Å². The van der Waals surface area contributed by atoms with Crippen LogP contribution in [0.1, 0.15) is 0 Å². The summed E-state index contributed by atoms with van der Waals surface area (Å²) in [6.07, 6.45) is -5.41. The predicted octanol–water partition coefficient (Wildman–Crippen LogP) is -0.171. The highest BCUT2D eigenvalue weighted by Gasteiger charge is 2.38. The van der Waals surface area contributed by atoms with Gasteiger partial charge in [-0.05, 0) is 4.92 Å². The number of alkyl halides is 3. The van der Waals surface area contributed by atoms with Crippen LogP contribution in [0.5, 0.6) is 5.75 Å². The number of nitrogens with two attached hydrogens (primary N) is 1. The second kappa shape index (κ2) is 4.51. The zero-order chi connectivity index (χ0) is 15.0. The van der Waals surface area contributed by atoms with Gasteiger partial charge in [0.2, 0.25) is 15.8 Å². The Morgan fingerprint density at radius 2 is 1.95 bits per heavy atom. The second-order valence-electron chi connectivity index (χ2n) is 3.03. The topological polar surface area (TPSA) is 145 Å². The summed E-state index contributed by atoms with van der Waals surface area (Å²) < 4.78 is 61.5. The monoisotopic (exact) mass is 303 g/mol. The molecule has 0 amide bonds. The van der Waals surface area contributed by atoms with Crippen molar-refractivity contribution < 1.29 is 31.2 Å². The molecule has 0 saturated carbocycles. The van der Waals surface area contributed by atoms with Gasteiger partial charge >= 0.3 is 17.7 Å². The third kappa shape index (κ3) is 3.65. The van der Waals surface area contributed by atoms with Crippen molar-refractivity contribution in [1.29, 1.82) is 0 Å². The summed E-state index contributed by atoms with van der Waals surface area (Å²) in [5, 5.41) is 15.1. The molecule has 3 N–H and O–H groups in total. The number of hydrogen-bond donors (Lipinski definition) is 2. The number of primary sulfonamides is 1. The van der Waals surface area contributed by atoms with Crippen LogP contribution in [-0.4, -0.2) is 24.7 Å². The number of hydrogen-bond acceptors (Lipinski definition) is 6. The molecular weight excluding hydrogens is 299 g/mol. The molecule has 0 unspecified atom stereocenters. The highest BCUT2D eigenvalue weighted by atomic mass is 32.2. The predicted molar refractivity (Wildman–Crippen MR) is 51.8 cm³/mol. The van der Waals surface area contributed by atoms with Crippen LogP contribution < -0.4 is 15.4 Å². The zero-order valence-corrected chi connectivity index (χ0v) is 9.41. The maximum atomic E-state index is 12.1. The standard InChI is InChI=1S/C6H4F3N3O6S/c7-6(8,9)18-4-2(19(10,16)17)1-3(13)11-5(4)12(14)15/h1H,(H,11,13)(H2,10,16,17). The molecule has 0 spiro atoms. The number of nitrogens with zero attached hydrogens (tertiary/aromatic N) is 1. The van der Waals surface area contributed by atoms with E-state index in [-0.39, 0.29) is 6.07 Å². The van der Waals surface area contributed by atoms with Crippen LogP contribution in [0.15, 0.2) is 15.8 Å². The first-order valence-electron chi connectivity index (χ1n) is 4.12. The summed E-state index contributed by atoms with van der Waals surface area (Å²) in [6, 6.07) is 0.142. The van der Waals surface area contributed by atoms with E-state index in [9.17, 15) is 36.5 Å². The molecule has 1 aromatic rings. The van der Waals surface area contributed by atoms with E-state index in [2.05, 4.69) is 9.88 Å². The van der Waals surface area contributed by atoms with E-state index in [0.29, 0.717) is 0 Å². The van der Waals surface area contributed by atoms with E-state index in [1.54, 1.807) is 0 Å². The first-order valence-corrected chi connectivity index (χ1v) is 5.66. The number of aromatic nitrogens is 1. The van der Waals surface area contributed by atoms with Crippen LogP contribution in [0.25, 0.3) is 0 Å². The Labute approximate surface area is 102 Å². The van der Waals surface area contributed by atoms with E-state index in [1.165, 1.54) is 4.98 Å². The average molecular weight is 303 g/mol. The lowest BCUT2D eigenvalue weighted by Crippen LogP contribution is -2.24. The average Bonchev–Trinajstić information content (AvgIpc) is 2.16. The molecule has 0 radical (unpaired) electrons. The van der Waals surface area contributed by atoms with Gasteiger partial charge < -0.3 is 14.9 Å². The molecule has 19 heavy (non-hydrogen) atoms. The Balaban J connectivity index is 3.72. The number of rotatable bonds is 3. The van der Waals surface area contributed by atoms with Crippen LogP contribution in [0.2, 0.25) is 0 Å². The molecule has 0 saturated heterocycles. The molecular formula is C6H4F3N3O6S. The van der Waals surface area contributed by atoms with Gasteiger partial charge in [-0.25, -0.2) is 23.3 Å². The Hall–Kier alpha value is -2.15. The van der Waals surface area contributed by atoms with E-state index < -0.39 is 43.3 Å². The number of halogens is 3. The largest absolute Gasteiger partial charge is 0.573 e. The lowest BCUT2D eigenvalue weighted by Gasteiger charge is -2.11. The Morgan fingerprint density at radius 1 is 1.42 bits per heavy atom. The molecule has 1 heterocycles. The highest BCUT2D eigenvalue weighted by molar-refractivity contribution is 7.89. The van der Waals surface area contributed by atoms with Crippen molar-refractivity contribution in [3.63, 3.8) is 0 Å². The summed E-state index contributed by atoms with van der Waals surface area (Å²) in [4.78, 5) is 20.0. The molecule has 0 atom stereocenters. The number of ether oxygens (including phenoxy) is 1. The van der Waals surface area contributed by atoms with Gasteiger partial charge in [-0.15, -0.1) is 13.2 Å². The quantitative estimate of drug-likeness (QED) is 0.585. The molecule has 0 bridgehead atoms. The smallest absolute Gasteiger partial charge is 0.395 e. The summed E-state index contributed by atoms with van der Waals surface area (Å²) in [7, 11) is -4.83. The van der Waals surface area contributed by atoms with Gasteiger partial charge in [-0.3, -0.25) is 0 Å². The van der Waals surface area contributed by atoms with E-state index >= 15 is 0 Å². The Bertz CT molecular complexity index is 678. The van der Waals surface area contributed by atoms with Crippen LogP contribution in [-0.2, 0) is 10.0 Å². The van der Waals surface area contributed by atoms with Gasteiger partial charge in [-0.2, -0.15) is 0 Å². The molecule has 106 valence electrons. The van der Waals surface area contributed by atoms with Gasteiger partial charge in [0.05, 0.1) is 6.07 Å². The fourth-order valence-corrected chi connectivity index (χ4v) is 1.73. The van der Waals surface area contributed by atoms with Crippen molar-refractivity contribution in [2.45, 2.75) is 11.3 Å². The Morgan fingerprint density at radius 3 is 2.32 bits per heavy atom. The number of nitro groups is 1. The molecule has 13 heteroatoms. The first-order chi connectivity index (χ1) is 8.42. The minimum absolute atomic E-state index is 0.142. The number of H-pyrrole nitrogens is 1. The molecule has 9 nitrogen and oxygen atoms in total. The highest BCUT2D eigenvalue weighted by Crippen LogP contribution is 2.34. The van der Waals surface area contributed by atoms with Crippen molar-refractivity contribution in [1.82, 2.24) is 4.98 Å². The third-order valence-electron chi connectivity index (χ3n) is 1.65. The minimum atomic E-state index is -5.41. The van der Waals surface area contributed by atoms with Crippen LogP contribution in [0.3, 0.4) is 0 Å². The number of aromatic amines is 1. The molecule has 0 aliphatic carbocycles. The lowest BCUT2D eigenvalue weighted by atomic mass is 10.4. The molecule has 0 fully saturated rings. The summed E-state index contributed by atoms with van der Waals surface area (Å²) >= 11 is 0. The first kappa shape index (κ1) is 14.9. The summed E-state index contributed by atoms with van der Waals surface area (Å²) in [5.74, 6) is -3.28. The van der Waals surface area contributed by atoms with Gasteiger partial charge in [-0.1, -0.05) is 0 Å².